The summed E-state index contributed by atoms with van der Waals surface area (Å²) >= 11 is 0. The number of nitrogens with zero attached hydrogens (tertiary/aromatic N) is 3. The minimum absolute atomic E-state index is 0.0596. The average molecular weight is 358 g/mol. The molecule has 4 rings (SSSR count). The van der Waals surface area contributed by atoms with Crippen LogP contribution in [-0.2, 0) is 30.7 Å². The van der Waals surface area contributed by atoms with Crippen molar-refractivity contribution in [1.82, 2.24) is 14.9 Å². The van der Waals surface area contributed by atoms with Crippen molar-refractivity contribution in [3.63, 3.8) is 0 Å². The zero-order valence-corrected chi connectivity index (χ0v) is 15.1. The van der Waals surface area contributed by atoms with Crippen LogP contribution in [0.4, 0.5) is 5.69 Å². The third kappa shape index (κ3) is 4.38. The number of hydrogen-bond donors (Lipinski definition) is 1. The van der Waals surface area contributed by atoms with Gasteiger partial charge in [-0.15, -0.1) is 0 Å². The Kier molecular flexibility index (Phi) is 5.21. The molecule has 27 heavy (non-hydrogen) atoms. The molecule has 3 heterocycles. The van der Waals surface area contributed by atoms with E-state index in [-0.39, 0.29) is 12.3 Å². The highest BCUT2D eigenvalue weighted by molar-refractivity contribution is 5.92. The van der Waals surface area contributed by atoms with E-state index in [0.29, 0.717) is 0 Å². The van der Waals surface area contributed by atoms with Crippen molar-refractivity contribution in [1.29, 1.82) is 0 Å². The first-order valence-electron chi connectivity index (χ1n) is 9.20. The van der Waals surface area contributed by atoms with E-state index in [1.165, 1.54) is 16.7 Å². The number of amides is 1. The molecular formula is C22H22N4O. The fourth-order valence-corrected chi connectivity index (χ4v) is 3.50. The van der Waals surface area contributed by atoms with Crippen LogP contribution in [0.25, 0.3) is 0 Å². The first kappa shape index (κ1) is 17.4. The highest BCUT2D eigenvalue weighted by Gasteiger charge is 2.20. The summed E-state index contributed by atoms with van der Waals surface area (Å²) in [4.78, 5) is 23.4. The molecule has 1 N–H and O–H groups in total. The van der Waals surface area contributed by atoms with Gasteiger partial charge in [-0.2, -0.15) is 0 Å². The lowest BCUT2D eigenvalue weighted by Gasteiger charge is -2.29. The molecule has 0 spiro atoms. The quantitative estimate of drug-likeness (QED) is 0.761. The molecule has 3 aromatic rings. The highest BCUT2D eigenvalue weighted by Crippen LogP contribution is 2.26. The number of hydrogen-bond acceptors (Lipinski definition) is 4. The normalized spacial score (nSPS) is 13.8. The lowest BCUT2D eigenvalue weighted by Crippen LogP contribution is -2.31. The predicted octanol–water partition coefficient (Wildman–Crippen LogP) is 3.22. The molecule has 1 aliphatic heterocycles. The summed E-state index contributed by atoms with van der Waals surface area (Å²) in [5.74, 6) is -0.0596. The number of carbonyl (C=O) groups is 1. The Hall–Kier alpha value is -3.05. The minimum atomic E-state index is -0.0596. The van der Waals surface area contributed by atoms with E-state index in [2.05, 4.69) is 44.5 Å². The molecule has 0 aliphatic carbocycles. The van der Waals surface area contributed by atoms with Gasteiger partial charge in [0.25, 0.3) is 0 Å². The number of pyridine rings is 2. The number of nitrogens with one attached hydrogen (secondary N) is 1. The minimum Gasteiger partial charge on any atom is -0.324 e. The number of anilines is 1. The monoisotopic (exact) mass is 358 g/mol. The molecule has 1 amide bonds. The molecule has 0 saturated carbocycles. The molecule has 5 heteroatoms. The molecule has 0 atom stereocenters. The van der Waals surface area contributed by atoms with Gasteiger partial charge in [0.15, 0.2) is 0 Å². The third-order valence-electron chi connectivity index (χ3n) is 4.81. The second-order valence-corrected chi connectivity index (χ2v) is 6.82. The van der Waals surface area contributed by atoms with Gasteiger partial charge in [-0.05, 0) is 35.2 Å². The second kappa shape index (κ2) is 8.10. The van der Waals surface area contributed by atoms with E-state index in [1.807, 2.05) is 30.5 Å². The van der Waals surface area contributed by atoms with Crippen LogP contribution in [0.5, 0.6) is 0 Å². The molecule has 0 unspecified atom stereocenters. The summed E-state index contributed by atoms with van der Waals surface area (Å²) in [5, 5.41) is 3.02. The lowest BCUT2D eigenvalue weighted by molar-refractivity contribution is -0.115. The van der Waals surface area contributed by atoms with Crippen LogP contribution in [0.15, 0.2) is 67.1 Å². The molecule has 0 radical (unpaired) electrons. The van der Waals surface area contributed by atoms with Gasteiger partial charge in [0.2, 0.25) is 5.91 Å². The van der Waals surface area contributed by atoms with Crippen LogP contribution in [-0.4, -0.2) is 27.3 Å². The molecule has 1 aromatic carbocycles. The summed E-state index contributed by atoms with van der Waals surface area (Å²) in [7, 11) is 0. The predicted molar refractivity (Wildman–Crippen MR) is 105 cm³/mol. The summed E-state index contributed by atoms with van der Waals surface area (Å²) < 4.78 is 0. The maximum atomic E-state index is 12.4. The number of fused-ring (bicyclic) bond motifs is 1. The van der Waals surface area contributed by atoms with Gasteiger partial charge in [0, 0.05) is 37.7 Å². The highest BCUT2D eigenvalue weighted by atomic mass is 16.1. The van der Waals surface area contributed by atoms with Crippen molar-refractivity contribution in [2.45, 2.75) is 25.9 Å². The van der Waals surface area contributed by atoms with Gasteiger partial charge in [-0.3, -0.25) is 19.7 Å². The summed E-state index contributed by atoms with van der Waals surface area (Å²) in [6, 6.07) is 16.1. The second-order valence-electron chi connectivity index (χ2n) is 6.82. The molecule has 0 fully saturated rings. The largest absolute Gasteiger partial charge is 0.324 e. The lowest BCUT2D eigenvalue weighted by atomic mass is 9.99. The number of rotatable bonds is 5. The Bertz CT molecular complexity index is 912. The summed E-state index contributed by atoms with van der Waals surface area (Å²) in [6.07, 6.45) is 6.55. The van der Waals surface area contributed by atoms with Gasteiger partial charge < -0.3 is 5.32 Å². The SMILES string of the molecule is O=C(Cc1ccccn1)Nc1cncc2c1CCN(Cc1ccccc1)C2. The average Bonchev–Trinajstić information content (AvgIpc) is 2.69. The maximum Gasteiger partial charge on any atom is 0.230 e. The molecule has 0 bridgehead atoms. The molecule has 5 nitrogen and oxygen atoms in total. The zero-order chi connectivity index (χ0) is 18.5. The van der Waals surface area contributed by atoms with E-state index in [9.17, 15) is 4.79 Å². The summed E-state index contributed by atoms with van der Waals surface area (Å²) in [5.41, 5.74) is 5.29. The number of carbonyl (C=O) groups excluding carboxylic acids is 1. The Morgan fingerprint density at radius 2 is 1.93 bits per heavy atom. The molecule has 1 aliphatic rings. The standard InChI is InChI=1S/C22H22N4O/c27-22(12-19-8-4-5-10-24-19)25-21-14-23-13-18-16-26(11-9-20(18)21)15-17-6-2-1-3-7-17/h1-8,10,13-14H,9,11-12,15-16H2,(H,25,27). The number of benzene rings is 1. The van der Waals surface area contributed by atoms with Crippen LogP contribution in [0, 0.1) is 0 Å². The van der Waals surface area contributed by atoms with Crippen LogP contribution < -0.4 is 5.32 Å². The topological polar surface area (TPSA) is 58.1 Å². The Morgan fingerprint density at radius 3 is 2.74 bits per heavy atom. The van der Waals surface area contributed by atoms with Gasteiger partial charge in [0.05, 0.1) is 18.3 Å². The Balaban J connectivity index is 1.43. The van der Waals surface area contributed by atoms with E-state index in [1.54, 1.807) is 12.4 Å². The first-order valence-corrected chi connectivity index (χ1v) is 9.20. The van der Waals surface area contributed by atoms with E-state index in [0.717, 1.165) is 37.4 Å². The van der Waals surface area contributed by atoms with Crippen LogP contribution >= 0.6 is 0 Å². The van der Waals surface area contributed by atoms with Crippen molar-refractivity contribution in [2.24, 2.45) is 0 Å². The Morgan fingerprint density at radius 1 is 1.07 bits per heavy atom. The molecular weight excluding hydrogens is 336 g/mol. The van der Waals surface area contributed by atoms with Gasteiger partial charge in [-0.25, -0.2) is 0 Å². The fourth-order valence-electron chi connectivity index (χ4n) is 3.50. The molecule has 2 aromatic heterocycles. The van der Waals surface area contributed by atoms with E-state index in [4.69, 9.17) is 0 Å². The van der Waals surface area contributed by atoms with Crippen molar-refractivity contribution in [3.8, 4) is 0 Å². The Labute approximate surface area is 159 Å². The van der Waals surface area contributed by atoms with Crippen molar-refractivity contribution in [3.05, 3.63) is 89.5 Å². The van der Waals surface area contributed by atoms with Gasteiger partial charge in [0.1, 0.15) is 0 Å². The molecule has 0 saturated heterocycles. The maximum absolute atomic E-state index is 12.4. The zero-order valence-electron chi connectivity index (χ0n) is 15.1. The van der Waals surface area contributed by atoms with Crippen LogP contribution in [0.3, 0.4) is 0 Å². The van der Waals surface area contributed by atoms with Crippen LogP contribution in [0.2, 0.25) is 0 Å². The van der Waals surface area contributed by atoms with Crippen molar-refractivity contribution < 1.29 is 4.79 Å². The van der Waals surface area contributed by atoms with Crippen LogP contribution in [0.1, 0.15) is 22.4 Å². The van der Waals surface area contributed by atoms with Crippen molar-refractivity contribution in [2.75, 3.05) is 11.9 Å². The van der Waals surface area contributed by atoms with Crippen molar-refractivity contribution >= 4 is 11.6 Å². The first-order chi connectivity index (χ1) is 13.3. The van der Waals surface area contributed by atoms with E-state index < -0.39 is 0 Å². The summed E-state index contributed by atoms with van der Waals surface area (Å²) in [6.45, 7) is 2.74. The number of aromatic nitrogens is 2. The molecule has 136 valence electrons. The third-order valence-corrected chi connectivity index (χ3v) is 4.81. The van der Waals surface area contributed by atoms with Gasteiger partial charge >= 0.3 is 0 Å². The van der Waals surface area contributed by atoms with E-state index >= 15 is 0 Å². The smallest absolute Gasteiger partial charge is 0.230 e. The fraction of sp³-hybridized carbons (Fsp3) is 0.227. The van der Waals surface area contributed by atoms with Gasteiger partial charge in [-0.1, -0.05) is 36.4 Å².